The number of hydrogen-bond donors (Lipinski definition) is 1. The first kappa shape index (κ1) is 11.4. The Hall–Kier alpha value is -1.67. The summed E-state index contributed by atoms with van der Waals surface area (Å²) >= 11 is 2.83. The van der Waals surface area contributed by atoms with Crippen LogP contribution in [0.5, 0.6) is 0 Å². The highest BCUT2D eigenvalue weighted by Gasteiger charge is 2.10. The normalized spacial score (nSPS) is 10.9. The molecule has 0 atom stereocenters. The Balaban J connectivity index is 2.04. The van der Waals surface area contributed by atoms with E-state index in [1.807, 2.05) is 23.7 Å². The summed E-state index contributed by atoms with van der Waals surface area (Å²) in [4.78, 5) is 13.0. The van der Waals surface area contributed by atoms with Gasteiger partial charge in [-0.25, -0.2) is 15.0 Å². The van der Waals surface area contributed by atoms with Crippen LogP contribution < -0.4 is 5.32 Å². The minimum absolute atomic E-state index is 0.829. The Bertz CT molecular complexity index is 647. The van der Waals surface area contributed by atoms with Crippen molar-refractivity contribution in [2.45, 2.75) is 16.3 Å². The average Bonchev–Trinajstić information content (AvgIpc) is 2.99. The molecule has 8 heteroatoms. The molecule has 0 aliphatic carbocycles. The predicted octanol–water partition coefficient (Wildman–Crippen LogP) is 2.16. The van der Waals surface area contributed by atoms with Gasteiger partial charge in [-0.15, -0.1) is 0 Å². The van der Waals surface area contributed by atoms with Crippen molar-refractivity contribution in [2.75, 3.05) is 11.9 Å². The van der Waals surface area contributed by atoms with Gasteiger partial charge < -0.3 is 9.72 Å². The predicted molar refractivity (Wildman–Crippen MR) is 71.2 cm³/mol. The smallest absolute Gasteiger partial charge is 0.176 e. The molecule has 3 aromatic heterocycles. The molecule has 0 saturated heterocycles. The fourth-order valence-electron chi connectivity index (χ4n) is 1.53. The van der Waals surface area contributed by atoms with Gasteiger partial charge in [-0.1, -0.05) is 0 Å². The molecule has 0 saturated carbocycles. The van der Waals surface area contributed by atoms with Crippen molar-refractivity contribution in [1.82, 2.24) is 23.7 Å². The zero-order valence-electron chi connectivity index (χ0n) is 9.57. The third-order valence-electron chi connectivity index (χ3n) is 2.23. The standard InChI is InChI=1S/C10H10N6S2/c1-2-11-7-5-16-4-3-12-8(16)9(15-7)17-10-13-6-14-18-10/h3-6,11H,2H2,1H3. The first-order valence-electron chi connectivity index (χ1n) is 5.39. The number of rotatable bonds is 4. The van der Waals surface area contributed by atoms with Crippen molar-refractivity contribution in [1.29, 1.82) is 0 Å². The maximum absolute atomic E-state index is 4.55. The topological polar surface area (TPSA) is 68.0 Å². The van der Waals surface area contributed by atoms with Crippen LogP contribution >= 0.6 is 23.3 Å². The molecule has 92 valence electrons. The summed E-state index contributed by atoms with van der Waals surface area (Å²) in [6.07, 6.45) is 7.14. The van der Waals surface area contributed by atoms with Gasteiger partial charge in [0.25, 0.3) is 0 Å². The maximum atomic E-state index is 4.55. The lowest BCUT2D eigenvalue weighted by Crippen LogP contribution is -2.02. The maximum Gasteiger partial charge on any atom is 0.176 e. The number of anilines is 1. The quantitative estimate of drug-likeness (QED) is 0.789. The molecule has 0 unspecified atom stereocenters. The number of fused-ring (bicyclic) bond motifs is 1. The summed E-state index contributed by atoms with van der Waals surface area (Å²) in [6, 6.07) is 0. The molecule has 6 nitrogen and oxygen atoms in total. The first-order valence-corrected chi connectivity index (χ1v) is 6.98. The fourth-order valence-corrected chi connectivity index (χ4v) is 2.98. The van der Waals surface area contributed by atoms with Crippen LogP contribution in [0.15, 0.2) is 34.3 Å². The van der Waals surface area contributed by atoms with Crippen molar-refractivity contribution in [2.24, 2.45) is 0 Å². The first-order chi connectivity index (χ1) is 8.86. The molecule has 0 radical (unpaired) electrons. The lowest BCUT2D eigenvalue weighted by atomic mass is 10.6. The van der Waals surface area contributed by atoms with Crippen LogP contribution in [0.4, 0.5) is 5.82 Å². The van der Waals surface area contributed by atoms with Gasteiger partial charge in [-0.2, -0.15) is 4.37 Å². The highest BCUT2D eigenvalue weighted by molar-refractivity contribution is 8.01. The Kier molecular flexibility index (Phi) is 3.11. The summed E-state index contributed by atoms with van der Waals surface area (Å²) in [5.74, 6) is 0.829. The number of imidazole rings is 1. The van der Waals surface area contributed by atoms with Crippen LogP contribution in [0.1, 0.15) is 6.92 Å². The minimum Gasteiger partial charge on any atom is -0.369 e. The van der Waals surface area contributed by atoms with Crippen LogP contribution in [-0.2, 0) is 0 Å². The molecular weight excluding hydrogens is 268 g/mol. The number of aromatic nitrogens is 5. The molecule has 0 spiro atoms. The number of nitrogens with zero attached hydrogens (tertiary/aromatic N) is 5. The van der Waals surface area contributed by atoms with Crippen molar-refractivity contribution in [3.8, 4) is 0 Å². The SMILES string of the molecule is CCNc1cn2ccnc2c(Sc2ncns2)n1. The molecule has 0 aliphatic rings. The van der Waals surface area contributed by atoms with Gasteiger partial charge in [0.15, 0.2) is 9.99 Å². The Labute approximate surface area is 112 Å². The van der Waals surface area contributed by atoms with Gasteiger partial charge in [0, 0.05) is 18.9 Å². The van der Waals surface area contributed by atoms with Crippen molar-refractivity contribution >= 4 is 34.8 Å². The molecule has 0 bridgehead atoms. The highest BCUT2D eigenvalue weighted by Crippen LogP contribution is 2.30. The van der Waals surface area contributed by atoms with Crippen molar-refractivity contribution in [3.05, 3.63) is 24.9 Å². The van der Waals surface area contributed by atoms with E-state index in [9.17, 15) is 0 Å². The van der Waals surface area contributed by atoms with E-state index < -0.39 is 0 Å². The Morgan fingerprint density at radius 1 is 1.44 bits per heavy atom. The van der Waals surface area contributed by atoms with E-state index in [1.165, 1.54) is 23.3 Å². The van der Waals surface area contributed by atoms with E-state index in [1.54, 1.807) is 12.5 Å². The molecular formula is C10H10N6S2. The molecule has 0 aliphatic heterocycles. The average molecular weight is 278 g/mol. The lowest BCUT2D eigenvalue weighted by Gasteiger charge is -2.06. The van der Waals surface area contributed by atoms with Gasteiger partial charge in [0.2, 0.25) is 0 Å². The van der Waals surface area contributed by atoms with E-state index in [-0.39, 0.29) is 0 Å². The Morgan fingerprint density at radius 3 is 3.17 bits per heavy atom. The summed E-state index contributed by atoms with van der Waals surface area (Å²) in [5, 5.41) is 4.03. The minimum atomic E-state index is 0.829. The second-order valence-electron chi connectivity index (χ2n) is 3.43. The van der Waals surface area contributed by atoms with E-state index in [4.69, 9.17) is 0 Å². The third-order valence-corrected chi connectivity index (χ3v) is 3.91. The monoisotopic (exact) mass is 278 g/mol. The van der Waals surface area contributed by atoms with Crippen molar-refractivity contribution in [3.63, 3.8) is 0 Å². The second kappa shape index (κ2) is 4.91. The zero-order valence-corrected chi connectivity index (χ0v) is 11.2. The van der Waals surface area contributed by atoms with Crippen LogP contribution in [-0.4, -0.2) is 30.3 Å². The van der Waals surface area contributed by atoms with Gasteiger partial charge in [0.05, 0.1) is 6.20 Å². The molecule has 0 fully saturated rings. The van der Waals surface area contributed by atoms with E-state index in [0.29, 0.717) is 0 Å². The molecule has 1 N–H and O–H groups in total. The third kappa shape index (κ3) is 2.16. The van der Waals surface area contributed by atoms with Crippen LogP contribution in [0.2, 0.25) is 0 Å². The van der Waals surface area contributed by atoms with E-state index in [0.717, 1.165) is 27.4 Å². The van der Waals surface area contributed by atoms with E-state index in [2.05, 4.69) is 24.6 Å². The fraction of sp³-hybridized carbons (Fsp3) is 0.200. The molecule has 3 rings (SSSR count). The van der Waals surface area contributed by atoms with Crippen LogP contribution in [0.3, 0.4) is 0 Å². The van der Waals surface area contributed by atoms with E-state index >= 15 is 0 Å². The molecule has 0 aromatic carbocycles. The number of hydrogen-bond acceptors (Lipinski definition) is 7. The van der Waals surface area contributed by atoms with Gasteiger partial charge in [-0.3, -0.25) is 0 Å². The molecule has 3 aromatic rings. The summed E-state index contributed by atoms with van der Waals surface area (Å²) < 4.78 is 6.80. The summed E-state index contributed by atoms with van der Waals surface area (Å²) in [6.45, 7) is 2.87. The zero-order chi connectivity index (χ0) is 12.4. The summed E-state index contributed by atoms with van der Waals surface area (Å²) in [5.41, 5.74) is 0.830. The molecule has 3 heterocycles. The lowest BCUT2D eigenvalue weighted by molar-refractivity contribution is 1.01. The van der Waals surface area contributed by atoms with Gasteiger partial charge in [-0.05, 0) is 30.2 Å². The largest absolute Gasteiger partial charge is 0.369 e. The molecule has 18 heavy (non-hydrogen) atoms. The summed E-state index contributed by atoms with van der Waals surface area (Å²) in [7, 11) is 0. The molecule has 0 amide bonds. The highest BCUT2D eigenvalue weighted by atomic mass is 32.2. The van der Waals surface area contributed by atoms with Crippen LogP contribution in [0, 0.1) is 0 Å². The van der Waals surface area contributed by atoms with Crippen LogP contribution in [0.25, 0.3) is 5.65 Å². The second-order valence-corrected chi connectivity index (χ2v) is 5.45. The van der Waals surface area contributed by atoms with Gasteiger partial charge >= 0.3 is 0 Å². The Morgan fingerprint density at radius 2 is 2.39 bits per heavy atom. The van der Waals surface area contributed by atoms with Crippen molar-refractivity contribution < 1.29 is 0 Å². The number of nitrogens with one attached hydrogen (secondary N) is 1. The van der Waals surface area contributed by atoms with Gasteiger partial charge in [0.1, 0.15) is 17.2 Å².